The molecule has 8 nitrogen and oxygen atoms in total. The Kier molecular flexibility index (Phi) is 3.09. The molecule has 1 saturated heterocycles. The summed E-state index contributed by atoms with van der Waals surface area (Å²) in [5.74, 6) is 0.747. The predicted molar refractivity (Wildman–Crippen MR) is 68.5 cm³/mol. The molecule has 1 fully saturated rings. The van der Waals surface area contributed by atoms with E-state index in [-0.39, 0.29) is 5.16 Å². The third kappa shape index (κ3) is 2.22. The average Bonchev–Trinajstić information content (AvgIpc) is 2.92. The van der Waals surface area contributed by atoms with Crippen molar-refractivity contribution < 1.29 is 12.9 Å². The van der Waals surface area contributed by atoms with Crippen LogP contribution >= 0.6 is 0 Å². The van der Waals surface area contributed by atoms with Gasteiger partial charge in [0.05, 0.1) is 17.5 Å². The second-order valence-electron chi connectivity index (χ2n) is 5.02. The lowest BCUT2D eigenvalue weighted by atomic mass is 10.2. The summed E-state index contributed by atoms with van der Waals surface area (Å²) in [6.45, 7) is 3.36. The number of sulfone groups is 1. The molecular weight excluding hydrogens is 282 g/mol. The number of rotatable bonds is 4. The van der Waals surface area contributed by atoms with Gasteiger partial charge in [-0.1, -0.05) is 5.16 Å². The first-order valence-electron chi connectivity index (χ1n) is 6.19. The SMILES string of the molecule is Cc1cc(CN2CC(S(=O)(=O)c3nncn3C)C2)on1. The Morgan fingerprint density at radius 3 is 2.75 bits per heavy atom. The van der Waals surface area contributed by atoms with Gasteiger partial charge in [0.2, 0.25) is 15.0 Å². The quantitative estimate of drug-likeness (QED) is 0.769. The minimum absolute atomic E-state index is 0.0256. The second kappa shape index (κ2) is 4.67. The van der Waals surface area contributed by atoms with Crippen LogP contribution < -0.4 is 0 Å². The minimum atomic E-state index is -3.41. The van der Waals surface area contributed by atoms with Crippen LogP contribution in [-0.2, 0) is 23.4 Å². The number of likely N-dealkylation sites (tertiary alicyclic amines) is 1. The number of hydrogen-bond acceptors (Lipinski definition) is 7. The Morgan fingerprint density at radius 1 is 1.45 bits per heavy atom. The molecule has 0 amide bonds. The topological polar surface area (TPSA) is 94.1 Å². The fraction of sp³-hybridized carbons (Fsp3) is 0.545. The lowest BCUT2D eigenvalue weighted by molar-refractivity contribution is 0.156. The molecule has 20 heavy (non-hydrogen) atoms. The van der Waals surface area contributed by atoms with E-state index in [4.69, 9.17) is 4.52 Å². The zero-order chi connectivity index (χ0) is 14.3. The van der Waals surface area contributed by atoms with Crippen molar-refractivity contribution in [3.8, 4) is 0 Å². The maximum absolute atomic E-state index is 12.3. The van der Waals surface area contributed by atoms with E-state index >= 15 is 0 Å². The van der Waals surface area contributed by atoms with Crippen LogP contribution in [0.1, 0.15) is 11.5 Å². The highest BCUT2D eigenvalue weighted by Crippen LogP contribution is 2.23. The third-order valence-electron chi connectivity index (χ3n) is 3.34. The first-order valence-corrected chi connectivity index (χ1v) is 7.74. The molecule has 0 aliphatic carbocycles. The van der Waals surface area contributed by atoms with Crippen molar-refractivity contribution in [2.45, 2.75) is 23.9 Å². The number of hydrogen-bond donors (Lipinski definition) is 0. The molecule has 9 heteroatoms. The van der Waals surface area contributed by atoms with E-state index in [1.165, 1.54) is 10.9 Å². The zero-order valence-corrected chi connectivity index (χ0v) is 12.0. The van der Waals surface area contributed by atoms with E-state index in [2.05, 4.69) is 15.4 Å². The lowest BCUT2D eigenvalue weighted by Gasteiger charge is -2.37. The summed E-state index contributed by atoms with van der Waals surface area (Å²) in [7, 11) is -1.78. The highest BCUT2D eigenvalue weighted by atomic mass is 32.2. The summed E-state index contributed by atoms with van der Waals surface area (Å²) in [5.41, 5.74) is 0.823. The van der Waals surface area contributed by atoms with Crippen molar-refractivity contribution in [1.29, 1.82) is 0 Å². The van der Waals surface area contributed by atoms with Crippen LogP contribution in [0.4, 0.5) is 0 Å². The van der Waals surface area contributed by atoms with Gasteiger partial charge < -0.3 is 9.09 Å². The van der Waals surface area contributed by atoms with Gasteiger partial charge in [-0.3, -0.25) is 4.90 Å². The normalized spacial score (nSPS) is 17.3. The summed E-state index contributed by atoms with van der Waals surface area (Å²) >= 11 is 0. The van der Waals surface area contributed by atoms with Gasteiger partial charge in [0.25, 0.3) is 0 Å². The monoisotopic (exact) mass is 297 g/mol. The molecule has 0 spiro atoms. The number of aryl methyl sites for hydroxylation is 2. The highest BCUT2D eigenvalue weighted by Gasteiger charge is 2.40. The standard InChI is InChI=1S/C11H15N5O3S/c1-8-3-9(19-14-8)4-16-5-10(6-16)20(17,18)11-13-12-7-15(11)2/h3,7,10H,4-6H2,1-2H3. The van der Waals surface area contributed by atoms with Gasteiger partial charge in [0, 0.05) is 26.2 Å². The number of aromatic nitrogens is 4. The van der Waals surface area contributed by atoms with Crippen molar-refractivity contribution in [3.63, 3.8) is 0 Å². The van der Waals surface area contributed by atoms with Crippen LogP contribution in [0.15, 0.2) is 22.1 Å². The molecule has 0 N–H and O–H groups in total. The predicted octanol–water partition coefficient (Wildman–Crippen LogP) is -0.230. The van der Waals surface area contributed by atoms with E-state index < -0.39 is 15.1 Å². The molecule has 1 aliphatic rings. The van der Waals surface area contributed by atoms with Gasteiger partial charge in [-0.25, -0.2) is 8.42 Å². The average molecular weight is 297 g/mol. The largest absolute Gasteiger partial charge is 0.360 e. The third-order valence-corrected chi connectivity index (χ3v) is 5.40. The first-order chi connectivity index (χ1) is 9.46. The van der Waals surface area contributed by atoms with Crippen molar-refractivity contribution in [2.75, 3.05) is 13.1 Å². The molecule has 0 bridgehead atoms. The van der Waals surface area contributed by atoms with Gasteiger partial charge in [0.15, 0.2) is 5.76 Å². The van der Waals surface area contributed by atoms with Crippen LogP contribution in [-0.4, -0.2) is 51.6 Å². The fourth-order valence-corrected chi connectivity index (χ4v) is 3.96. The van der Waals surface area contributed by atoms with Gasteiger partial charge in [0.1, 0.15) is 6.33 Å². The zero-order valence-electron chi connectivity index (χ0n) is 11.2. The lowest BCUT2D eigenvalue weighted by Crippen LogP contribution is -2.54. The molecule has 0 atom stereocenters. The Hall–Kier alpha value is -1.74. The molecule has 0 unspecified atom stereocenters. The smallest absolute Gasteiger partial charge is 0.249 e. The summed E-state index contributed by atoms with van der Waals surface area (Å²) < 4.78 is 31.2. The van der Waals surface area contributed by atoms with Gasteiger partial charge in [-0.2, -0.15) is 0 Å². The van der Waals surface area contributed by atoms with Crippen molar-refractivity contribution >= 4 is 9.84 Å². The molecule has 2 aromatic rings. The molecule has 0 radical (unpaired) electrons. The summed E-state index contributed by atoms with van der Waals surface area (Å²) in [6.07, 6.45) is 1.39. The van der Waals surface area contributed by atoms with E-state index in [9.17, 15) is 8.42 Å². The Morgan fingerprint density at radius 2 is 2.20 bits per heavy atom. The van der Waals surface area contributed by atoms with Gasteiger partial charge >= 0.3 is 0 Å². The minimum Gasteiger partial charge on any atom is -0.360 e. The van der Waals surface area contributed by atoms with E-state index in [0.717, 1.165) is 11.5 Å². The van der Waals surface area contributed by atoms with Crippen molar-refractivity contribution in [1.82, 2.24) is 24.8 Å². The van der Waals surface area contributed by atoms with E-state index in [1.54, 1.807) is 7.05 Å². The van der Waals surface area contributed by atoms with Crippen LogP contribution in [0, 0.1) is 6.92 Å². The fourth-order valence-electron chi connectivity index (χ4n) is 2.24. The molecule has 0 saturated carbocycles. The molecular formula is C11H15N5O3S. The molecule has 3 rings (SSSR count). The molecule has 3 heterocycles. The Bertz CT molecular complexity index is 714. The molecule has 2 aromatic heterocycles. The second-order valence-corrected chi connectivity index (χ2v) is 7.14. The van der Waals surface area contributed by atoms with Crippen molar-refractivity contribution in [3.05, 3.63) is 23.8 Å². The van der Waals surface area contributed by atoms with Crippen LogP contribution in [0.25, 0.3) is 0 Å². The maximum atomic E-state index is 12.3. The van der Waals surface area contributed by atoms with Crippen LogP contribution in [0.2, 0.25) is 0 Å². The first kappa shape index (κ1) is 13.3. The Labute approximate surface area is 116 Å². The summed E-state index contributed by atoms with van der Waals surface area (Å²) in [6, 6.07) is 1.85. The molecule has 108 valence electrons. The Balaban J connectivity index is 1.64. The highest BCUT2D eigenvalue weighted by molar-refractivity contribution is 7.92. The number of nitrogens with zero attached hydrogens (tertiary/aromatic N) is 5. The van der Waals surface area contributed by atoms with Gasteiger partial charge in [-0.15, -0.1) is 10.2 Å². The summed E-state index contributed by atoms with van der Waals surface area (Å²) in [5, 5.41) is 10.7. The molecule has 0 aromatic carbocycles. The van der Waals surface area contributed by atoms with Crippen LogP contribution in [0.5, 0.6) is 0 Å². The summed E-state index contributed by atoms with van der Waals surface area (Å²) in [4.78, 5) is 2.00. The van der Waals surface area contributed by atoms with Gasteiger partial charge in [-0.05, 0) is 6.92 Å². The van der Waals surface area contributed by atoms with E-state index in [0.29, 0.717) is 19.6 Å². The van der Waals surface area contributed by atoms with E-state index in [1.807, 2.05) is 17.9 Å². The van der Waals surface area contributed by atoms with Crippen molar-refractivity contribution in [2.24, 2.45) is 7.05 Å². The molecule has 1 aliphatic heterocycles. The van der Waals surface area contributed by atoms with Crippen LogP contribution in [0.3, 0.4) is 0 Å². The maximum Gasteiger partial charge on any atom is 0.249 e.